The predicted octanol–water partition coefficient (Wildman–Crippen LogP) is 4.24. The number of nitrogens with one attached hydrogen (secondary N) is 1. The minimum absolute atomic E-state index is 0.0530. The van der Waals surface area contributed by atoms with Gasteiger partial charge in [0, 0.05) is 10.9 Å². The number of morpholine rings is 1. The Morgan fingerprint density at radius 1 is 1.23 bits per heavy atom. The lowest BCUT2D eigenvalue weighted by Gasteiger charge is -2.53. The van der Waals surface area contributed by atoms with E-state index in [4.69, 9.17) is 4.74 Å². The standard InChI is InChI=1S/C25H26F3N5O2/c1-13(18-4-3-5-20(21(18)26)25(27,28)24(34)6-7-24)30-23-19-9-15(10-29-22(19)14(2)31-32-23)33-16-8-17(33)12-35-11-16/h3-5,9-10,13,16-17,34H,6-8,11-12H2,1-2H3,(H,30,32)/t13-,16?,17?/m1/s1. The van der Waals surface area contributed by atoms with Crippen LogP contribution in [0.4, 0.5) is 24.7 Å². The molecule has 0 radical (unpaired) electrons. The summed E-state index contributed by atoms with van der Waals surface area (Å²) in [5.41, 5.74) is -0.640. The molecule has 2 unspecified atom stereocenters. The summed E-state index contributed by atoms with van der Waals surface area (Å²) in [6, 6.07) is 5.81. The van der Waals surface area contributed by atoms with E-state index in [0.717, 1.165) is 23.6 Å². The molecule has 1 aromatic carbocycles. The number of hydrogen-bond donors (Lipinski definition) is 2. The number of hydrogen-bond acceptors (Lipinski definition) is 7. The Morgan fingerprint density at radius 2 is 1.97 bits per heavy atom. The third-order valence-electron chi connectivity index (χ3n) is 7.52. The van der Waals surface area contributed by atoms with Crippen molar-refractivity contribution in [2.75, 3.05) is 23.4 Å². The van der Waals surface area contributed by atoms with Crippen LogP contribution in [0.5, 0.6) is 0 Å². The number of aliphatic hydroxyl groups is 1. The maximum atomic E-state index is 15.3. The van der Waals surface area contributed by atoms with Gasteiger partial charge in [0.1, 0.15) is 11.4 Å². The summed E-state index contributed by atoms with van der Waals surface area (Å²) in [6.45, 7) is 4.85. The topological polar surface area (TPSA) is 83.4 Å². The molecule has 1 aliphatic carbocycles. The normalized spacial score (nSPS) is 23.7. The fourth-order valence-electron chi connectivity index (χ4n) is 5.25. The van der Waals surface area contributed by atoms with Crippen LogP contribution in [-0.4, -0.2) is 51.2 Å². The number of benzene rings is 1. The molecule has 2 saturated heterocycles. The van der Waals surface area contributed by atoms with E-state index in [0.29, 0.717) is 42.3 Å². The van der Waals surface area contributed by atoms with Gasteiger partial charge in [-0.3, -0.25) is 4.98 Å². The first-order chi connectivity index (χ1) is 16.7. The minimum atomic E-state index is -3.67. The van der Waals surface area contributed by atoms with Gasteiger partial charge >= 0.3 is 5.92 Å². The SMILES string of the molecule is Cc1nnc(N[C@H](C)c2cccc(C(F)(F)C3(O)CC3)c2F)c2cc(N3C4COCC3C4)cnc12. The van der Waals surface area contributed by atoms with E-state index in [9.17, 15) is 13.9 Å². The van der Waals surface area contributed by atoms with Crippen molar-refractivity contribution in [3.05, 3.63) is 53.1 Å². The summed E-state index contributed by atoms with van der Waals surface area (Å²) in [6.07, 6.45) is 2.80. The molecule has 2 N–H and O–H groups in total. The van der Waals surface area contributed by atoms with E-state index >= 15 is 4.39 Å². The largest absolute Gasteiger partial charge is 0.383 e. The summed E-state index contributed by atoms with van der Waals surface area (Å²) in [4.78, 5) is 6.92. The Kier molecular flexibility index (Phi) is 4.98. The molecule has 10 heteroatoms. The molecule has 6 rings (SSSR count). The van der Waals surface area contributed by atoms with Crippen molar-refractivity contribution >= 4 is 22.4 Å². The molecule has 3 aromatic rings. The molecule has 7 nitrogen and oxygen atoms in total. The van der Waals surface area contributed by atoms with E-state index < -0.39 is 28.9 Å². The summed E-state index contributed by atoms with van der Waals surface area (Å²) in [7, 11) is 0. The lowest BCUT2D eigenvalue weighted by Crippen LogP contribution is -2.64. The molecule has 3 atom stereocenters. The van der Waals surface area contributed by atoms with E-state index in [1.165, 1.54) is 12.1 Å². The number of pyridine rings is 1. The predicted molar refractivity (Wildman–Crippen MR) is 124 cm³/mol. The molecule has 2 bridgehead atoms. The summed E-state index contributed by atoms with van der Waals surface area (Å²) in [5.74, 6) is -4.30. The highest BCUT2D eigenvalue weighted by molar-refractivity contribution is 5.92. The zero-order valence-corrected chi connectivity index (χ0v) is 19.4. The van der Waals surface area contributed by atoms with E-state index in [2.05, 4.69) is 25.4 Å². The zero-order chi connectivity index (χ0) is 24.5. The van der Waals surface area contributed by atoms with Crippen molar-refractivity contribution in [2.24, 2.45) is 0 Å². The fourth-order valence-corrected chi connectivity index (χ4v) is 5.25. The van der Waals surface area contributed by atoms with Gasteiger partial charge in [-0.05, 0) is 45.2 Å². The second-order valence-corrected chi connectivity index (χ2v) is 9.89. The van der Waals surface area contributed by atoms with Crippen molar-refractivity contribution < 1.29 is 23.0 Å². The monoisotopic (exact) mass is 485 g/mol. The van der Waals surface area contributed by atoms with Crippen molar-refractivity contribution in [3.8, 4) is 0 Å². The van der Waals surface area contributed by atoms with Gasteiger partial charge in [-0.2, -0.15) is 13.9 Å². The highest BCUT2D eigenvalue weighted by Gasteiger charge is 2.63. The summed E-state index contributed by atoms with van der Waals surface area (Å²) in [5, 5.41) is 22.4. The highest BCUT2D eigenvalue weighted by Crippen LogP contribution is 2.54. The number of anilines is 2. The molecule has 0 amide bonds. The van der Waals surface area contributed by atoms with Crippen molar-refractivity contribution in [1.29, 1.82) is 0 Å². The number of rotatable bonds is 6. The van der Waals surface area contributed by atoms with Gasteiger partial charge in [-0.25, -0.2) is 4.39 Å². The molecule has 3 aliphatic rings. The van der Waals surface area contributed by atoms with Crippen LogP contribution in [-0.2, 0) is 10.7 Å². The first kappa shape index (κ1) is 22.5. The number of aromatic nitrogens is 3. The van der Waals surface area contributed by atoms with Gasteiger partial charge in [0.2, 0.25) is 0 Å². The maximum absolute atomic E-state index is 15.3. The first-order valence-electron chi connectivity index (χ1n) is 11.8. The van der Waals surface area contributed by atoms with E-state index in [1.807, 2.05) is 19.2 Å². The van der Waals surface area contributed by atoms with Gasteiger partial charge in [0.25, 0.3) is 0 Å². The van der Waals surface area contributed by atoms with Gasteiger partial charge < -0.3 is 20.1 Å². The lowest BCUT2D eigenvalue weighted by molar-refractivity contribution is -0.134. The van der Waals surface area contributed by atoms with Gasteiger partial charge in [0.05, 0.1) is 60.0 Å². The molecule has 3 fully saturated rings. The molecule has 0 spiro atoms. The fraction of sp³-hybridized carbons (Fsp3) is 0.480. The summed E-state index contributed by atoms with van der Waals surface area (Å²) < 4.78 is 50.5. The van der Waals surface area contributed by atoms with Gasteiger partial charge in [-0.15, -0.1) is 5.10 Å². The lowest BCUT2D eigenvalue weighted by atomic mass is 9.90. The zero-order valence-electron chi connectivity index (χ0n) is 19.4. The molecular weight excluding hydrogens is 459 g/mol. The van der Waals surface area contributed by atoms with Crippen LogP contribution in [0.3, 0.4) is 0 Å². The molecule has 2 aliphatic heterocycles. The molecule has 184 valence electrons. The maximum Gasteiger partial charge on any atom is 0.304 e. The average Bonchev–Trinajstić information content (AvgIpc) is 3.60. The third kappa shape index (κ3) is 3.45. The number of halogens is 3. The number of ether oxygens (including phenoxy) is 1. The van der Waals surface area contributed by atoms with Gasteiger partial charge in [0.15, 0.2) is 5.82 Å². The second kappa shape index (κ2) is 7.76. The number of fused-ring (bicyclic) bond motifs is 3. The third-order valence-corrected chi connectivity index (χ3v) is 7.52. The van der Waals surface area contributed by atoms with Crippen LogP contribution >= 0.6 is 0 Å². The van der Waals surface area contributed by atoms with Crippen LogP contribution in [0.15, 0.2) is 30.5 Å². The molecule has 2 aromatic heterocycles. The molecule has 35 heavy (non-hydrogen) atoms. The quantitative estimate of drug-likeness (QED) is 0.540. The van der Waals surface area contributed by atoms with Crippen molar-refractivity contribution in [1.82, 2.24) is 15.2 Å². The van der Waals surface area contributed by atoms with Gasteiger partial charge in [-0.1, -0.05) is 12.1 Å². The Bertz CT molecular complexity index is 1300. The van der Waals surface area contributed by atoms with E-state index in [1.54, 1.807) is 6.92 Å². The minimum Gasteiger partial charge on any atom is -0.383 e. The second-order valence-electron chi connectivity index (χ2n) is 9.89. The number of nitrogens with zero attached hydrogens (tertiary/aromatic N) is 4. The molecular formula is C25H26F3N5O2. The smallest absolute Gasteiger partial charge is 0.304 e. The van der Waals surface area contributed by atoms with E-state index in [-0.39, 0.29) is 18.4 Å². The Morgan fingerprint density at radius 3 is 2.66 bits per heavy atom. The highest BCUT2D eigenvalue weighted by atomic mass is 19.3. The van der Waals surface area contributed by atoms with Crippen LogP contribution in [0.25, 0.3) is 10.9 Å². The first-order valence-corrected chi connectivity index (χ1v) is 11.8. The van der Waals surface area contributed by atoms with Crippen LogP contribution in [0.2, 0.25) is 0 Å². The Balaban J connectivity index is 1.34. The Hall–Kier alpha value is -2.98. The van der Waals surface area contributed by atoms with Crippen molar-refractivity contribution in [2.45, 2.75) is 62.8 Å². The van der Waals surface area contributed by atoms with Crippen molar-refractivity contribution in [3.63, 3.8) is 0 Å². The van der Waals surface area contributed by atoms with Crippen LogP contribution in [0, 0.1) is 12.7 Å². The van der Waals surface area contributed by atoms with Crippen LogP contribution in [0.1, 0.15) is 49.0 Å². The van der Waals surface area contributed by atoms with Crippen LogP contribution < -0.4 is 10.2 Å². The average molecular weight is 486 g/mol. The molecule has 1 saturated carbocycles. The molecule has 4 heterocycles. The Labute approximate surface area is 200 Å². The number of alkyl halides is 2. The summed E-state index contributed by atoms with van der Waals surface area (Å²) >= 11 is 0. The number of aryl methyl sites for hydroxylation is 1.